The Morgan fingerprint density at radius 1 is 1.31 bits per heavy atom. The minimum Gasteiger partial charge on any atom is -0.508 e. The molecule has 0 aromatic heterocycles. The van der Waals surface area contributed by atoms with Crippen molar-refractivity contribution in [1.29, 1.82) is 0 Å². The molecule has 0 unspecified atom stereocenters. The van der Waals surface area contributed by atoms with Gasteiger partial charge in [-0.2, -0.15) is 0 Å². The first-order chi connectivity index (χ1) is 6.02. The second kappa shape index (κ2) is 3.99. The van der Waals surface area contributed by atoms with Gasteiger partial charge in [-0.25, -0.2) is 0 Å². The molecular weight excluding hydrogens is 188 g/mol. The molecule has 0 bridgehead atoms. The summed E-state index contributed by atoms with van der Waals surface area (Å²) in [7, 11) is 0. The quantitative estimate of drug-likeness (QED) is 0.771. The third-order valence-corrected chi connectivity index (χ3v) is 2.18. The predicted octanol–water partition coefficient (Wildman–Crippen LogP) is 2.74. The van der Waals surface area contributed by atoms with E-state index in [2.05, 4.69) is 0 Å². The zero-order valence-corrected chi connectivity index (χ0v) is 8.42. The summed E-state index contributed by atoms with van der Waals surface area (Å²) >= 11 is 5.66. The average Bonchev–Trinajstić information content (AvgIpc) is 2.03. The van der Waals surface area contributed by atoms with Crippen molar-refractivity contribution < 1.29 is 10.2 Å². The molecule has 1 aromatic rings. The zero-order chi connectivity index (χ0) is 10.0. The molecule has 0 aliphatic rings. The molecule has 0 radical (unpaired) electrons. The molecule has 72 valence electrons. The monoisotopic (exact) mass is 200 g/mol. The first kappa shape index (κ1) is 10.4. The van der Waals surface area contributed by atoms with Crippen LogP contribution in [0.4, 0.5) is 0 Å². The maximum Gasteiger partial charge on any atom is 0.122 e. The Balaban J connectivity index is 3.01. The molecule has 0 aliphatic heterocycles. The summed E-state index contributed by atoms with van der Waals surface area (Å²) in [6.45, 7) is 3.78. The first-order valence-electron chi connectivity index (χ1n) is 4.19. The van der Waals surface area contributed by atoms with Gasteiger partial charge in [-0.05, 0) is 18.1 Å². The molecule has 2 nitrogen and oxygen atoms in total. The van der Waals surface area contributed by atoms with Gasteiger partial charge in [0.1, 0.15) is 5.75 Å². The van der Waals surface area contributed by atoms with Gasteiger partial charge in [0.15, 0.2) is 0 Å². The largest absolute Gasteiger partial charge is 0.508 e. The van der Waals surface area contributed by atoms with E-state index in [0.29, 0.717) is 10.6 Å². The Labute approximate surface area is 82.8 Å². The van der Waals surface area contributed by atoms with E-state index in [9.17, 15) is 10.2 Å². The summed E-state index contributed by atoms with van der Waals surface area (Å²) in [5.41, 5.74) is 0.527. The van der Waals surface area contributed by atoms with E-state index < -0.39 is 6.10 Å². The number of halogens is 1. The van der Waals surface area contributed by atoms with Gasteiger partial charge in [-0.15, -0.1) is 0 Å². The molecule has 0 fully saturated rings. The molecule has 0 amide bonds. The van der Waals surface area contributed by atoms with Crippen LogP contribution in [-0.2, 0) is 0 Å². The molecule has 0 saturated heterocycles. The number of hydrogen-bond donors (Lipinski definition) is 2. The molecule has 0 spiro atoms. The summed E-state index contributed by atoms with van der Waals surface area (Å²) in [6, 6.07) is 4.73. The summed E-state index contributed by atoms with van der Waals surface area (Å²) in [5.74, 6) is 0.126. The highest BCUT2D eigenvalue weighted by atomic mass is 35.5. The molecule has 0 aliphatic carbocycles. The van der Waals surface area contributed by atoms with Crippen molar-refractivity contribution in [2.75, 3.05) is 0 Å². The van der Waals surface area contributed by atoms with Crippen molar-refractivity contribution in [3.63, 3.8) is 0 Å². The fraction of sp³-hybridized carbons (Fsp3) is 0.400. The minimum atomic E-state index is -0.641. The van der Waals surface area contributed by atoms with Gasteiger partial charge in [0.25, 0.3) is 0 Å². The minimum absolute atomic E-state index is 0.0497. The van der Waals surface area contributed by atoms with Crippen molar-refractivity contribution in [2.45, 2.75) is 20.0 Å². The van der Waals surface area contributed by atoms with Crippen LogP contribution < -0.4 is 0 Å². The number of phenolic OH excluding ortho intramolecular Hbond substituents is 1. The van der Waals surface area contributed by atoms with Gasteiger partial charge >= 0.3 is 0 Å². The van der Waals surface area contributed by atoms with Crippen LogP contribution in [0.5, 0.6) is 5.75 Å². The molecule has 1 aromatic carbocycles. The summed E-state index contributed by atoms with van der Waals surface area (Å²) in [6.07, 6.45) is -0.641. The maximum atomic E-state index is 9.67. The van der Waals surface area contributed by atoms with E-state index in [1.54, 1.807) is 12.1 Å². The van der Waals surface area contributed by atoms with Crippen LogP contribution in [0.15, 0.2) is 18.2 Å². The second-order valence-corrected chi connectivity index (χ2v) is 3.83. The van der Waals surface area contributed by atoms with Crippen molar-refractivity contribution in [3.8, 4) is 5.75 Å². The highest BCUT2D eigenvalue weighted by Gasteiger charge is 2.15. The van der Waals surface area contributed by atoms with Gasteiger partial charge in [0, 0.05) is 10.6 Å². The van der Waals surface area contributed by atoms with E-state index in [-0.39, 0.29) is 11.7 Å². The molecule has 13 heavy (non-hydrogen) atoms. The van der Waals surface area contributed by atoms with Crippen LogP contribution in [0.1, 0.15) is 25.5 Å². The Bertz CT molecular complexity index is 297. The van der Waals surface area contributed by atoms with Gasteiger partial charge in [-0.3, -0.25) is 0 Å². The predicted molar refractivity (Wildman–Crippen MR) is 52.9 cm³/mol. The molecule has 3 heteroatoms. The molecule has 0 saturated carbocycles. The number of phenols is 1. The fourth-order valence-corrected chi connectivity index (χ4v) is 1.29. The molecule has 0 heterocycles. The molecular formula is C10H13ClO2. The zero-order valence-electron chi connectivity index (χ0n) is 7.66. The van der Waals surface area contributed by atoms with Crippen LogP contribution in [0.3, 0.4) is 0 Å². The van der Waals surface area contributed by atoms with E-state index >= 15 is 0 Å². The average molecular weight is 201 g/mol. The lowest BCUT2D eigenvalue weighted by Crippen LogP contribution is -2.05. The lowest BCUT2D eigenvalue weighted by molar-refractivity contribution is 0.124. The van der Waals surface area contributed by atoms with E-state index in [1.165, 1.54) is 6.07 Å². The fourth-order valence-electron chi connectivity index (χ4n) is 1.13. The maximum absolute atomic E-state index is 9.67. The Morgan fingerprint density at radius 3 is 2.38 bits per heavy atom. The standard InChI is InChI=1S/C10H13ClO2/c1-6(2)10(13)8-4-3-7(11)5-9(8)12/h3-6,10,12-13H,1-2H3/t10-/m1/s1. The normalized spacial score (nSPS) is 13.3. The van der Waals surface area contributed by atoms with E-state index in [4.69, 9.17) is 11.6 Å². The Morgan fingerprint density at radius 2 is 1.92 bits per heavy atom. The van der Waals surface area contributed by atoms with Crippen LogP contribution in [0.25, 0.3) is 0 Å². The third-order valence-electron chi connectivity index (χ3n) is 1.94. The number of aliphatic hydroxyl groups is 1. The summed E-state index contributed by atoms with van der Waals surface area (Å²) < 4.78 is 0. The number of hydrogen-bond acceptors (Lipinski definition) is 2. The van der Waals surface area contributed by atoms with Gasteiger partial charge in [0.2, 0.25) is 0 Å². The molecule has 2 N–H and O–H groups in total. The van der Waals surface area contributed by atoms with Crippen molar-refractivity contribution in [3.05, 3.63) is 28.8 Å². The van der Waals surface area contributed by atoms with E-state index in [0.717, 1.165) is 0 Å². The SMILES string of the molecule is CC(C)[C@@H](O)c1ccc(Cl)cc1O. The lowest BCUT2D eigenvalue weighted by atomic mass is 9.98. The third kappa shape index (κ3) is 2.36. The summed E-state index contributed by atoms with van der Waals surface area (Å²) in [4.78, 5) is 0. The first-order valence-corrected chi connectivity index (χ1v) is 4.56. The summed E-state index contributed by atoms with van der Waals surface area (Å²) in [5, 5.41) is 19.6. The highest BCUT2D eigenvalue weighted by molar-refractivity contribution is 6.30. The molecule has 1 atom stereocenters. The van der Waals surface area contributed by atoms with Crippen molar-refractivity contribution in [2.24, 2.45) is 5.92 Å². The Hall–Kier alpha value is -0.730. The topological polar surface area (TPSA) is 40.5 Å². The molecule has 1 rings (SSSR count). The highest BCUT2D eigenvalue weighted by Crippen LogP contribution is 2.30. The van der Waals surface area contributed by atoms with E-state index in [1.807, 2.05) is 13.8 Å². The second-order valence-electron chi connectivity index (χ2n) is 3.39. The smallest absolute Gasteiger partial charge is 0.122 e. The number of aliphatic hydroxyl groups excluding tert-OH is 1. The van der Waals surface area contributed by atoms with Crippen molar-refractivity contribution >= 4 is 11.6 Å². The van der Waals surface area contributed by atoms with Crippen LogP contribution >= 0.6 is 11.6 Å². The van der Waals surface area contributed by atoms with Crippen LogP contribution in [0, 0.1) is 5.92 Å². The number of rotatable bonds is 2. The van der Waals surface area contributed by atoms with Crippen LogP contribution in [0.2, 0.25) is 5.02 Å². The van der Waals surface area contributed by atoms with Gasteiger partial charge < -0.3 is 10.2 Å². The number of benzene rings is 1. The van der Waals surface area contributed by atoms with Gasteiger partial charge in [-0.1, -0.05) is 31.5 Å². The number of aromatic hydroxyl groups is 1. The lowest BCUT2D eigenvalue weighted by Gasteiger charge is -2.15. The van der Waals surface area contributed by atoms with Crippen LogP contribution in [-0.4, -0.2) is 10.2 Å². The van der Waals surface area contributed by atoms with Crippen molar-refractivity contribution in [1.82, 2.24) is 0 Å². The Kier molecular flexibility index (Phi) is 3.17. The van der Waals surface area contributed by atoms with Gasteiger partial charge in [0.05, 0.1) is 6.10 Å².